The van der Waals surface area contributed by atoms with E-state index in [1.165, 1.54) is 17.3 Å². The molecule has 3 heterocycles. The molecule has 4 rings (SSSR count). The number of hydrogen-bond donors (Lipinski definition) is 2. The van der Waals surface area contributed by atoms with Crippen LogP contribution in [0.5, 0.6) is 0 Å². The molecule has 156 valence electrons. The first kappa shape index (κ1) is 20.1. The fraction of sp³-hybridized carbons (Fsp3) is 0.500. The van der Waals surface area contributed by atoms with Gasteiger partial charge in [0.05, 0.1) is 12.3 Å². The number of aromatic amines is 1. The van der Waals surface area contributed by atoms with Gasteiger partial charge in [0.1, 0.15) is 5.82 Å². The quantitative estimate of drug-likeness (QED) is 0.641. The van der Waals surface area contributed by atoms with E-state index in [0.29, 0.717) is 5.82 Å². The van der Waals surface area contributed by atoms with E-state index >= 15 is 0 Å². The molecule has 0 aliphatic carbocycles. The van der Waals surface area contributed by atoms with Crippen molar-refractivity contribution in [3.63, 3.8) is 0 Å². The topological polar surface area (TPSA) is 95.9 Å². The predicted molar refractivity (Wildman–Crippen MR) is 113 cm³/mol. The first-order chi connectivity index (χ1) is 13.8. The number of aromatic nitrogens is 4. The Morgan fingerprint density at radius 1 is 1.17 bits per heavy atom. The van der Waals surface area contributed by atoms with Crippen molar-refractivity contribution in [3.05, 3.63) is 47.7 Å². The monoisotopic (exact) mass is 416 g/mol. The van der Waals surface area contributed by atoms with Gasteiger partial charge in [0.25, 0.3) is 0 Å². The number of benzene rings is 1. The first-order valence-corrected chi connectivity index (χ1v) is 11.9. The van der Waals surface area contributed by atoms with Crippen molar-refractivity contribution in [1.82, 2.24) is 29.4 Å². The second-order valence-corrected chi connectivity index (χ2v) is 9.93. The molecule has 0 saturated carbocycles. The van der Waals surface area contributed by atoms with Crippen LogP contribution in [0.3, 0.4) is 0 Å². The number of nitrogens with zero attached hydrogens (tertiary/aromatic N) is 4. The normalized spacial score (nSPS) is 16.8. The van der Waals surface area contributed by atoms with Gasteiger partial charge in [-0.2, -0.15) is 0 Å². The lowest BCUT2D eigenvalue weighted by Gasteiger charge is -2.22. The van der Waals surface area contributed by atoms with Crippen molar-refractivity contribution in [3.8, 4) is 0 Å². The zero-order valence-corrected chi connectivity index (χ0v) is 17.9. The Balaban J connectivity index is 1.50. The Morgan fingerprint density at radius 2 is 1.97 bits per heavy atom. The molecule has 29 heavy (non-hydrogen) atoms. The second-order valence-electron chi connectivity index (χ2n) is 8.15. The minimum absolute atomic E-state index is 0.0729. The van der Waals surface area contributed by atoms with Crippen LogP contribution in [0, 0.1) is 5.92 Å². The third-order valence-corrected chi connectivity index (χ3v) is 6.10. The molecule has 0 radical (unpaired) electrons. The van der Waals surface area contributed by atoms with Gasteiger partial charge in [-0.1, -0.05) is 32.0 Å². The van der Waals surface area contributed by atoms with Crippen molar-refractivity contribution in [2.75, 3.05) is 19.3 Å². The zero-order valence-electron chi connectivity index (χ0n) is 17.1. The summed E-state index contributed by atoms with van der Waals surface area (Å²) in [5, 5.41) is 9.94. The zero-order chi connectivity index (χ0) is 20.6. The molecule has 0 saturated heterocycles. The number of fused-ring (bicyclic) bond motifs is 2. The number of H-pyrrole nitrogens is 1. The molecule has 1 unspecified atom stereocenters. The van der Waals surface area contributed by atoms with E-state index in [2.05, 4.69) is 53.6 Å². The lowest BCUT2D eigenvalue weighted by Crippen LogP contribution is -2.33. The minimum atomic E-state index is -3.34. The van der Waals surface area contributed by atoms with Crippen molar-refractivity contribution in [1.29, 1.82) is 0 Å². The van der Waals surface area contributed by atoms with Gasteiger partial charge in [-0.3, -0.25) is 4.90 Å². The van der Waals surface area contributed by atoms with Crippen LogP contribution in [0.1, 0.15) is 37.2 Å². The van der Waals surface area contributed by atoms with Gasteiger partial charge in [0, 0.05) is 43.8 Å². The van der Waals surface area contributed by atoms with Crippen molar-refractivity contribution in [2.24, 2.45) is 5.92 Å². The number of sulfonamides is 1. The SMILES string of the molecule is CC(C)C(NS(C)(=O)=O)c1nnc2n1CCN(Cc1cc3ccccc3[nH]1)CC2. The van der Waals surface area contributed by atoms with E-state index in [1.54, 1.807) is 0 Å². The van der Waals surface area contributed by atoms with Crippen LogP contribution in [0.4, 0.5) is 0 Å². The van der Waals surface area contributed by atoms with Crippen molar-refractivity contribution >= 4 is 20.9 Å². The van der Waals surface area contributed by atoms with Crippen molar-refractivity contribution in [2.45, 2.75) is 39.4 Å². The summed E-state index contributed by atoms with van der Waals surface area (Å²) >= 11 is 0. The standard InChI is InChI=1S/C20H28N6O2S/c1-14(2)19(24-29(3,27)28)20-23-22-18-8-9-25(10-11-26(18)20)13-16-12-15-6-4-5-7-17(15)21-16/h4-7,12,14,19,21,24H,8-11,13H2,1-3H3. The third-order valence-electron chi connectivity index (χ3n) is 5.41. The Hall–Kier alpha value is -2.23. The van der Waals surface area contributed by atoms with E-state index < -0.39 is 10.0 Å². The Morgan fingerprint density at radius 3 is 2.69 bits per heavy atom. The van der Waals surface area contributed by atoms with Gasteiger partial charge in [-0.25, -0.2) is 13.1 Å². The van der Waals surface area contributed by atoms with Gasteiger partial charge < -0.3 is 9.55 Å². The maximum atomic E-state index is 11.8. The summed E-state index contributed by atoms with van der Waals surface area (Å²) in [6, 6.07) is 10.1. The summed E-state index contributed by atoms with van der Waals surface area (Å²) in [6.45, 7) is 7.31. The molecule has 1 aromatic carbocycles. The van der Waals surface area contributed by atoms with E-state index in [1.807, 2.05) is 19.9 Å². The molecule has 1 aliphatic heterocycles. The fourth-order valence-electron chi connectivity index (χ4n) is 3.95. The summed E-state index contributed by atoms with van der Waals surface area (Å²) in [5.41, 5.74) is 2.35. The molecule has 9 heteroatoms. The molecule has 2 aromatic heterocycles. The average Bonchev–Trinajstić information content (AvgIpc) is 3.18. The minimum Gasteiger partial charge on any atom is -0.357 e. The van der Waals surface area contributed by atoms with Gasteiger partial charge in [-0.15, -0.1) is 10.2 Å². The Kier molecular flexibility index (Phi) is 5.46. The van der Waals surface area contributed by atoms with Crippen LogP contribution in [-0.4, -0.2) is 52.4 Å². The number of hydrogen-bond acceptors (Lipinski definition) is 5. The van der Waals surface area contributed by atoms with Crippen LogP contribution in [0.15, 0.2) is 30.3 Å². The van der Waals surface area contributed by atoms with Crippen LogP contribution in [-0.2, 0) is 29.5 Å². The maximum Gasteiger partial charge on any atom is 0.209 e. The average molecular weight is 417 g/mol. The van der Waals surface area contributed by atoms with Crippen LogP contribution < -0.4 is 4.72 Å². The molecule has 0 bridgehead atoms. The van der Waals surface area contributed by atoms with E-state index in [0.717, 1.165) is 43.9 Å². The second kappa shape index (κ2) is 7.89. The van der Waals surface area contributed by atoms with E-state index in [-0.39, 0.29) is 12.0 Å². The molecular formula is C20H28N6O2S. The van der Waals surface area contributed by atoms with E-state index in [4.69, 9.17) is 0 Å². The highest BCUT2D eigenvalue weighted by Crippen LogP contribution is 2.24. The summed E-state index contributed by atoms with van der Waals surface area (Å²) in [4.78, 5) is 5.90. The lowest BCUT2D eigenvalue weighted by molar-refractivity contribution is 0.266. The van der Waals surface area contributed by atoms with Crippen LogP contribution in [0.25, 0.3) is 10.9 Å². The fourth-order valence-corrected chi connectivity index (χ4v) is 4.79. The molecule has 2 N–H and O–H groups in total. The van der Waals surface area contributed by atoms with Crippen molar-refractivity contribution < 1.29 is 8.42 Å². The maximum absolute atomic E-state index is 11.8. The lowest BCUT2D eigenvalue weighted by atomic mass is 10.1. The molecular weight excluding hydrogens is 388 g/mol. The molecule has 8 nitrogen and oxygen atoms in total. The van der Waals surface area contributed by atoms with Gasteiger partial charge >= 0.3 is 0 Å². The smallest absolute Gasteiger partial charge is 0.209 e. The highest BCUT2D eigenvalue weighted by molar-refractivity contribution is 7.88. The number of rotatable bonds is 6. The Bertz CT molecular complexity index is 1070. The number of para-hydroxylation sites is 1. The van der Waals surface area contributed by atoms with Gasteiger partial charge in [-0.05, 0) is 23.4 Å². The third kappa shape index (κ3) is 4.52. The largest absolute Gasteiger partial charge is 0.357 e. The van der Waals surface area contributed by atoms with E-state index in [9.17, 15) is 8.42 Å². The first-order valence-electron chi connectivity index (χ1n) is 9.98. The van der Waals surface area contributed by atoms with Crippen LogP contribution in [0.2, 0.25) is 0 Å². The van der Waals surface area contributed by atoms with Crippen LogP contribution >= 0.6 is 0 Å². The summed E-state index contributed by atoms with van der Waals surface area (Å²) in [6.07, 6.45) is 1.97. The van der Waals surface area contributed by atoms with Gasteiger partial charge in [0.15, 0.2) is 5.82 Å². The molecule has 1 atom stereocenters. The summed E-state index contributed by atoms with van der Waals surface area (Å²) in [7, 11) is -3.34. The molecule has 3 aromatic rings. The molecule has 0 spiro atoms. The number of nitrogens with one attached hydrogen (secondary N) is 2. The highest BCUT2D eigenvalue weighted by atomic mass is 32.2. The highest BCUT2D eigenvalue weighted by Gasteiger charge is 2.28. The molecule has 0 fully saturated rings. The predicted octanol–water partition coefficient (Wildman–Crippen LogP) is 2.06. The van der Waals surface area contributed by atoms with Gasteiger partial charge in [0.2, 0.25) is 10.0 Å². The summed E-state index contributed by atoms with van der Waals surface area (Å²) in [5.74, 6) is 1.69. The molecule has 1 aliphatic rings. The summed E-state index contributed by atoms with van der Waals surface area (Å²) < 4.78 is 28.5. The Labute approximate surface area is 171 Å². The molecule has 0 amide bonds.